The highest BCUT2D eigenvalue weighted by molar-refractivity contribution is 7.15. The van der Waals surface area contributed by atoms with Gasteiger partial charge in [0.05, 0.1) is 10.6 Å². The molecule has 0 atom stereocenters. The molecule has 0 bridgehead atoms. The molecule has 3 aromatic rings. The number of oxazole rings is 1. The monoisotopic (exact) mass is 359 g/mol. The van der Waals surface area contributed by atoms with Crippen molar-refractivity contribution < 1.29 is 9.05 Å². The highest BCUT2D eigenvalue weighted by Crippen LogP contribution is 2.29. The zero-order valence-electron chi connectivity index (χ0n) is 14.7. The van der Waals surface area contributed by atoms with E-state index in [9.17, 15) is 0 Å². The zero-order chi connectivity index (χ0) is 17.4. The summed E-state index contributed by atoms with van der Waals surface area (Å²) < 4.78 is 10.7. The van der Waals surface area contributed by atoms with E-state index in [1.165, 1.54) is 4.88 Å². The maximum absolute atomic E-state index is 5.88. The summed E-state index contributed by atoms with van der Waals surface area (Å²) >= 11 is 1.71. The van der Waals surface area contributed by atoms with Crippen LogP contribution in [0, 0.1) is 20.8 Å². The number of hydrogen-bond acceptors (Lipinski definition) is 8. The molecule has 3 aromatic heterocycles. The predicted octanol–water partition coefficient (Wildman–Crippen LogP) is 3.03. The molecule has 1 aliphatic heterocycles. The molecule has 25 heavy (non-hydrogen) atoms. The van der Waals surface area contributed by atoms with E-state index in [0.717, 1.165) is 66.5 Å². The lowest BCUT2D eigenvalue weighted by Gasteiger charge is -2.34. The first-order chi connectivity index (χ1) is 12.1. The van der Waals surface area contributed by atoms with E-state index in [-0.39, 0.29) is 0 Å². The Balaban J connectivity index is 1.40. The number of anilines is 1. The third-order valence-electron chi connectivity index (χ3n) is 4.52. The zero-order valence-corrected chi connectivity index (χ0v) is 15.5. The molecule has 1 saturated heterocycles. The van der Waals surface area contributed by atoms with Gasteiger partial charge < -0.3 is 9.32 Å². The van der Waals surface area contributed by atoms with Gasteiger partial charge in [-0.25, -0.2) is 9.61 Å². The van der Waals surface area contributed by atoms with Crippen LogP contribution in [0.5, 0.6) is 0 Å². The van der Waals surface area contributed by atoms with Crippen molar-refractivity contribution in [3.8, 4) is 10.8 Å². The Hall–Kier alpha value is -2.19. The number of aromatic nitrogens is 3. The molecule has 1 aliphatic rings. The molecule has 0 aromatic carbocycles. The molecule has 4 heterocycles. The largest absolute Gasteiger partial charge is 0.440 e. The Kier molecular flexibility index (Phi) is 4.30. The van der Waals surface area contributed by atoms with Gasteiger partial charge in [-0.05, 0) is 38.1 Å². The summed E-state index contributed by atoms with van der Waals surface area (Å²) in [6.45, 7) is 10.5. The third kappa shape index (κ3) is 3.32. The molecule has 132 valence electrons. The van der Waals surface area contributed by atoms with E-state index in [1.54, 1.807) is 11.3 Å². The summed E-state index contributed by atoms with van der Waals surface area (Å²) in [5, 5.41) is 7.86. The summed E-state index contributed by atoms with van der Waals surface area (Å²) in [6, 6.07) is 4.17. The van der Waals surface area contributed by atoms with E-state index in [2.05, 4.69) is 39.2 Å². The van der Waals surface area contributed by atoms with Crippen LogP contribution in [0.4, 0.5) is 5.82 Å². The Bertz CT molecular complexity index is 860. The van der Waals surface area contributed by atoms with Crippen LogP contribution in [0.3, 0.4) is 0 Å². The summed E-state index contributed by atoms with van der Waals surface area (Å²) in [5.74, 6) is 2.49. The van der Waals surface area contributed by atoms with Gasteiger partial charge >= 0.3 is 0 Å². The van der Waals surface area contributed by atoms with Crippen molar-refractivity contribution in [1.29, 1.82) is 0 Å². The lowest BCUT2D eigenvalue weighted by Crippen LogP contribution is -2.46. The van der Waals surface area contributed by atoms with Crippen LogP contribution >= 0.6 is 11.3 Å². The molecule has 0 aliphatic carbocycles. The van der Waals surface area contributed by atoms with Crippen molar-refractivity contribution in [3.05, 3.63) is 34.2 Å². The fraction of sp³-hybridized carbons (Fsp3) is 0.471. The number of nitrogens with zero attached hydrogens (tertiary/aromatic N) is 5. The molecule has 0 N–H and O–H groups in total. The predicted molar refractivity (Wildman–Crippen MR) is 95.8 cm³/mol. The fourth-order valence-corrected chi connectivity index (χ4v) is 3.87. The van der Waals surface area contributed by atoms with Crippen LogP contribution in [0.1, 0.15) is 22.0 Å². The van der Waals surface area contributed by atoms with Gasteiger partial charge in [-0.15, -0.1) is 11.3 Å². The van der Waals surface area contributed by atoms with Gasteiger partial charge in [0.25, 0.3) is 0 Å². The molecule has 8 heteroatoms. The molecular weight excluding hydrogens is 338 g/mol. The van der Waals surface area contributed by atoms with Gasteiger partial charge in [0.1, 0.15) is 11.5 Å². The minimum absolute atomic E-state index is 0.730. The summed E-state index contributed by atoms with van der Waals surface area (Å²) in [4.78, 5) is 11.7. The van der Waals surface area contributed by atoms with E-state index >= 15 is 0 Å². The summed E-state index contributed by atoms with van der Waals surface area (Å²) in [5.41, 5.74) is 1.87. The smallest absolute Gasteiger partial charge is 0.236 e. The lowest BCUT2D eigenvalue weighted by molar-refractivity contribution is 0.243. The number of aryl methyl sites for hydroxylation is 3. The number of piperazine rings is 1. The van der Waals surface area contributed by atoms with Gasteiger partial charge in [0.2, 0.25) is 5.89 Å². The van der Waals surface area contributed by atoms with Gasteiger partial charge in [-0.1, -0.05) is 5.16 Å². The SMILES string of the molecule is Cc1ccc(-c2nc(CN3CCN(c4nonc4C)CC3)c(C)o2)s1. The third-order valence-corrected chi connectivity index (χ3v) is 5.51. The first-order valence-corrected chi connectivity index (χ1v) is 9.21. The maximum Gasteiger partial charge on any atom is 0.236 e. The lowest BCUT2D eigenvalue weighted by atomic mass is 10.2. The van der Waals surface area contributed by atoms with Gasteiger partial charge in [0.15, 0.2) is 5.82 Å². The summed E-state index contributed by atoms with van der Waals surface area (Å²) in [7, 11) is 0. The molecule has 0 saturated carbocycles. The Labute approximate surface area is 150 Å². The maximum atomic E-state index is 5.88. The van der Waals surface area contributed by atoms with Gasteiger partial charge in [-0.3, -0.25) is 4.90 Å². The minimum atomic E-state index is 0.730. The highest BCUT2D eigenvalue weighted by atomic mass is 32.1. The van der Waals surface area contributed by atoms with E-state index in [4.69, 9.17) is 14.0 Å². The van der Waals surface area contributed by atoms with Crippen molar-refractivity contribution in [2.24, 2.45) is 0 Å². The van der Waals surface area contributed by atoms with Crippen LogP contribution in [-0.4, -0.2) is 46.4 Å². The van der Waals surface area contributed by atoms with E-state index in [0.29, 0.717) is 0 Å². The minimum Gasteiger partial charge on any atom is -0.440 e. The molecule has 0 amide bonds. The Morgan fingerprint density at radius 1 is 1.08 bits per heavy atom. The second kappa shape index (κ2) is 6.61. The average Bonchev–Trinajstić information content (AvgIpc) is 3.30. The molecule has 4 rings (SSSR count). The van der Waals surface area contributed by atoms with E-state index < -0.39 is 0 Å². The topological polar surface area (TPSA) is 71.4 Å². The van der Waals surface area contributed by atoms with Crippen molar-refractivity contribution in [2.75, 3.05) is 31.1 Å². The van der Waals surface area contributed by atoms with Crippen LogP contribution in [0.2, 0.25) is 0 Å². The molecule has 7 nitrogen and oxygen atoms in total. The van der Waals surface area contributed by atoms with Crippen molar-refractivity contribution in [3.63, 3.8) is 0 Å². The summed E-state index contributed by atoms with van der Waals surface area (Å²) in [6.07, 6.45) is 0. The number of thiophene rings is 1. The Morgan fingerprint density at radius 2 is 1.88 bits per heavy atom. The number of rotatable bonds is 4. The van der Waals surface area contributed by atoms with Gasteiger partial charge in [0, 0.05) is 37.6 Å². The number of hydrogen-bond donors (Lipinski definition) is 0. The van der Waals surface area contributed by atoms with Crippen molar-refractivity contribution in [1.82, 2.24) is 20.2 Å². The quantitative estimate of drug-likeness (QED) is 0.709. The molecule has 0 spiro atoms. The first kappa shape index (κ1) is 16.3. The normalized spacial score (nSPS) is 15.9. The van der Waals surface area contributed by atoms with Gasteiger partial charge in [-0.2, -0.15) is 0 Å². The average molecular weight is 359 g/mol. The highest BCUT2D eigenvalue weighted by Gasteiger charge is 2.23. The molecule has 0 radical (unpaired) electrons. The fourth-order valence-electron chi connectivity index (χ4n) is 3.07. The molecule has 1 fully saturated rings. The second-order valence-corrected chi connectivity index (χ2v) is 7.66. The first-order valence-electron chi connectivity index (χ1n) is 8.40. The Morgan fingerprint density at radius 3 is 2.52 bits per heavy atom. The van der Waals surface area contributed by atoms with Crippen molar-refractivity contribution in [2.45, 2.75) is 27.3 Å². The van der Waals surface area contributed by atoms with Crippen LogP contribution < -0.4 is 4.90 Å². The standard InChI is InChI=1S/C17H21N5O2S/c1-11-4-5-15(25-11)17-18-14(13(3)23-17)10-21-6-8-22(9-7-21)16-12(2)19-24-20-16/h4-5H,6-10H2,1-3H3. The second-order valence-electron chi connectivity index (χ2n) is 6.37. The molecule has 0 unspecified atom stereocenters. The van der Waals surface area contributed by atoms with Crippen LogP contribution in [0.25, 0.3) is 10.8 Å². The van der Waals surface area contributed by atoms with Crippen LogP contribution in [0.15, 0.2) is 21.2 Å². The van der Waals surface area contributed by atoms with Crippen molar-refractivity contribution >= 4 is 17.2 Å². The van der Waals surface area contributed by atoms with Crippen LogP contribution in [-0.2, 0) is 6.54 Å². The van der Waals surface area contributed by atoms with E-state index in [1.807, 2.05) is 13.8 Å². The molecular formula is C17H21N5O2S.